The molecule has 1 fully saturated rings. The van der Waals surface area contributed by atoms with Gasteiger partial charge in [-0.15, -0.1) is 0 Å². The lowest BCUT2D eigenvalue weighted by molar-refractivity contribution is 0.363. The smallest absolute Gasteiger partial charge is 0.00141 e. The fourth-order valence-corrected chi connectivity index (χ4v) is 2.86. The molecule has 82 valence electrons. The lowest BCUT2D eigenvalue weighted by Crippen LogP contribution is -2.20. The Morgan fingerprint density at radius 2 is 1.93 bits per heavy atom. The van der Waals surface area contributed by atoms with E-state index in [0.717, 1.165) is 17.8 Å². The lowest BCUT2D eigenvalue weighted by atomic mass is 9.78. The molecule has 0 spiro atoms. The summed E-state index contributed by atoms with van der Waals surface area (Å²) in [5.41, 5.74) is 1.52. The van der Waals surface area contributed by atoms with E-state index >= 15 is 0 Å². The van der Waals surface area contributed by atoms with Gasteiger partial charge in [0, 0.05) is 0 Å². The zero-order valence-corrected chi connectivity index (χ0v) is 9.74. The molecule has 2 unspecified atom stereocenters. The molecule has 1 N–H and O–H groups in total. The van der Waals surface area contributed by atoms with Crippen molar-refractivity contribution in [2.75, 3.05) is 13.1 Å². The second kappa shape index (κ2) is 4.80. The molecule has 0 aromatic heterocycles. The normalized spacial score (nSPS) is 23.3. The van der Waals surface area contributed by atoms with Gasteiger partial charge >= 0.3 is 0 Å². The molecule has 15 heavy (non-hydrogen) atoms. The standard InChI is InChI=1S/C14H21N/c1-11(2)14(13-8-9-15-10-13)12-6-4-3-5-7-12/h3-7,11,13-15H,8-10H2,1-2H3. The van der Waals surface area contributed by atoms with Crippen LogP contribution < -0.4 is 5.32 Å². The van der Waals surface area contributed by atoms with Crippen molar-refractivity contribution in [2.45, 2.75) is 26.2 Å². The van der Waals surface area contributed by atoms with Crippen LogP contribution in [0.25, 0.3) is 0 Å². The average Bonchev–Trinajstić information content (AvgIpc) is 2.72. The first-order valence-corrected chi connectivity index (χ1v) is 6.04. The van der Waals surface area contributed by atoms with Crippen LogP contribution in [0.1, 0.15) is 31.7 Å². The maximum Gasteiger partial charge on any atom is -0.00141 e. The Kier molecular flexibility index (Phi) is 3.42. The summed E-state index contributed by atoms with van der Waals surface area (Å²) in [5.74, 6) is 2.28. The molecule has 1 heterocycles. The summed E-state index contributed by atoms with van der Waals surface area (Å²) in [6.07, 6.45) is 1.33. The van der Waals surface area contributed by atoms with E-state index in [-0.39, 0.29) is 0 Å². The highest BCUT2D eigenvalue weighted by atomic mass is 14.9. The topological polar surface area (TPSA) is 12.0 Å². The third kappa shape index (κ3) is 2.40. The first-order valence-electron chi connectivity index (χ1n) is 6.04. The second-order valence-electron chi connectivity index (χ2n) is 4.93. The summed E-state index contributed by atoms with van der Waals surface area (Å²) in [5, 5.41) is 3.48. The Bertz CT molecular complexity index is 285. The van der Waals surface area contributed by atoms with Gasteiger partial charge in [-0.05, 0) is 42.8 Å². The van der Waals surface area contributed by atoms with E-state index in [0.29, 0.717) is 0 Å². The van der Waals surface area contributed by atoms with Crippen molar-refractivity contribution in [3.05, 3.63) is 35.9 Å². The van der Waals surface area contributed by atoms with Gasteiger partial charge in [-0.3, -0.25) is 0 Å². The van der Waals surface area contributed by atoms with Gasteiger partial charge in [0.1, 0.15) is 0 Å². The van der Waals surface area contributed by atoms with Gasteiger partial charge in [-0.25, -0.2) is 0 Å². The van der Waals surface area contributed by atoms with E-state index in [1.807, 2.05) is 0 Å². The summed E-state index contributed by atoms with van der Waals surface area (Å²) in [7, 11) is 0. The van der Waals surface area contributed by atoms with Crippen molar-refractivity contribution >= 4 is 0 Å². The van der Waals surface area contributed by atoms with Gasteiger partial charge in [0.2, 0.25) is 0 Å². The van der Waals surface area contributed by atoms with E-state index in [9.17, 15) is 0 Å². The molecule has 1 heteroatoms. The van der Waals surface area contributed by atoms with Crippen molar-refractivity contribution in [3.63, 3.8) is 0 Å². The molecule has 0 bridgehead atoms. The van der Waals surface area contributed by atoms with Crippen molar-refractivity contribution < 1.29 is 0 Å². The van der Waals surface area contributed by atoms with Gasteiger partial charge < -0.3 is 5.32 Å². The molecule has 0 saturated carbocycles. The van der Waals surface area contributed by atoms with Gasteiger partial charge in [-0.1, -0.05) is 44.2 Å². The largest absolute Gasteiger partial charge is 0.316 e. The first kappa shape index (κ1) is 10.7. The van der Waals surface area contributed by atoms with Crippen LogP contribution >= 0.6 is 0 Å². The quantitative estimate of drug-likeness (QED) is 0.796. The van der Waals surface area contributed by atoms with Crippen molar-refractivity contribution in [2.24, 2.45) is 11.8 Å². The number of nitrogens with one attached hydrogen (secondary N) is 1. The summed E-state index contributed by atoms with van der Waals surface area (Å²) in [6, 6.07) is 11.0. The number of rotatable bonds is 3. The van der Waals surface area contributed by atoms with E-state index in [1.54, 1.807) is 0 Å². The van der Waals surface area contributed by atoms with E-state index in [1.165, 1.54) is 25.1 Å². The Morgan fingerprint density at radius 3 is 2.47 bits per heavy atom. The number of hydrogen-bond acceptors (Lipinski definition) is 1. The second-order valence-corrected chi connectivity index (χ2v) is 4.93. The molecule has 0 aliphatic carbocycles. The van der Waals surface area contributed by atoms with Crippen molar-refractivity contribution in [3.8, 4) is 0 Å². The van der Waals surface area contributed by atoms with Gasteiger partial charge in [0.15, 0.2) is 0 Å². The summed E-state index contributed by atoms with van der Waals surface area (Å²) in [6.45, 7) is 7.07. The summed E-state index contributed by atoms with van der Waals surface area (Å²) < 4.78 is 0. The van der Waals surface area contributed by atoms with Crippen LogP contribution in [0.5, 0.6) is 0 Å². The van der Waals surface area contributed by atoms with Crippen LogP contribution in [0, 0.1) is 11.8 Å². The molecule has 1 nitrogen and oxygen atoms in total. The van der Waals surface area contributed by atoms with Gasteiger partial charge in [0.25, 0.3) is 0 Å². The van der Waals surface area contributed by atoms with Gasteiger partial charge in [0.05, 0.1) is 0 Å². The minimum Gasteiger partial charge on any atom is -0.316 e. The monoisotopic (exact) mass is 203 g/mol. The molecule has 0 radical (unpaired) electrons. The Morgan fingerprint density at radius 1 is 1.20 bits per heavy atom. The molecule has 1 aliphatic rings. The lowest BCUT2D eigenvalue weighted by Gasteiger charge is -2.27. The molecular formula is C14H21N. The summed E-state index contributed by atoms with van der Waals surface area (Å²) >= 11 is 0. The predicted octanol–water partition coefficient (Wildman–Crippen LogP) is 3.04. The Balaban J connectivity index is 2.19. The molecule has 1 aromatic rings. The minimum absolute atomic E-state index is 0.723. The highest BCUT2D eigenvalue weighted by Crippen LogP contribution is 2.35. The van der Waals surface area contributed by atoms with E-state index in [2.05, 4.69) is 49.5 Å². The molecule has 1 saturated heterocycles. The van der Waals surface area contributed by atoms with Crippen LogP contribution in [0.3, 0.4) is 0 Å². The van der Waals surface area contributed by atoms with Crippen LogP contribution in [-0.2, 0) is 0 Å². The van der Waals surface area contributed by atoms with Crippen molar-refractivity contribution in [1.29, 1.82) is 0 Å². The SMILES string of the molecule is CC(C)C(c1ccccc1)C1CCNC1. The van der Waals surface area contributed by atoms with Crippen molar-refractivity contribution in [1.82, 2.24) is 5.32 Å². The Labute approximate surface area is 92.9 Å². The van der Waals surface area contributed by atoms with E-state index < -0.39 is 0 Å². The zero-order valence-electron chi connectivity index (χ0n) is 9.74. The molecule has 0 amide bonds. The molecule has 1 aromatic carbocycles. The summed E-state index contributed by atoms with van der Waals surface area (Å²) in [4.78, 5) is 0. The molecular weight excluding hydrogens is 182 g/mol. The molecule has 1 aliphatic heterocycles. The zero-order chi connectivity index (χ0) is 10.7. The van der Waals surface area contributed by atoms with E-state index in [4.69, 9.17) is 0 Å². The third-order valence-electron chi connectivity index (χ3n) is 3.51. The van der Waals surface area contributed by atoms with Crippen LogP contribution in [0.15, 0.2) is 30.3 Å². The van der Waals surface area contributed by atoms with Gasteiger partial charge in [-0.2, -0.15) is 0 Å². The number of hydrogen-bond donors (Lipinski definition) is 1. The van der Waals surface area contributed by atoms with Crippen LogP contribution in [0.2, 0.25) is 0 Å². The van der Waals surface area contributed by atoms with Crippen LogP contribution in [-0.4, -0.2) is 13.1 Å². The fourth-order valence-electron chi connectivity index (χ4n) is 2.86. The maximum absolute atomic E-state index is 3.48. The fraction of sp³-hybridized carbons (Fsp3) is 0.571. The Hall–Kier alpha value is -0.820. The number of benzene rings is 1. The predicted molar refractivity (Wildman–Crippen MR) is 65.0 cm³/mol. The molecule has 2 rings (SSSR count). The van der Waals surface area contributed by atoms with Crippen LogP contribution in [0.4, 0.5) is 0 Å². The first-order chi connectivity index (χ1) is 7.29. The average molecular weight is 203 g/mol. The highest BCUT2D eigenvalue weighted by molar-refractivity contribution is 5.21. The highest BCUT2D eigenvalue weighted by Gasteiger charge is 2.28. The molecule has 2 atom stereocenters. The minimum atomic E-state index is 0.723. The maximum atomic E-state index is 3.48. The third-order valence-corrected chi connectivity index (χ3v) is 3.51.